The van der Waals surface area contributed by atoms with Crippen LogP contribution in [-0.2, 0) is 11.2 Å². The number of nitrogens with zero attached hydrogens (tertiary/aromatic N) is 1. The average molecular weight is 153 g/mol. The minimum Gasteiger partial charge on any atom is -0.368 e. The van der Waals surface area contributed by atoms with Gasteiger partial charge in [0, 0.05) is 25.9 Å². The second-order valence-corrected chi connectivity index (χ2v) is 2.26. The van der Waals surface area contributed by atoms with Crippen molar-refractivity contribution in [3.8, 4) is 0 Å². The first kappa shape index (κ1) is 8.17. The molecule has 0 saturated carbocycles. The maximum absolute atomic E-state index is 9.06. The summed E-state index contributed by atoms with van der Waals surface area (Å²) < 4.78 is 4.68. The summed E-state index contributed by atoms with van der Waals surface area (Å²) in [5.41, 5.74) is 0.974. The van der Waals surface area contributed by atoms with Crippen LogP contribution in [0.25, 0.3) is 0 Å². The van der Waals surface area contributed by atoms with E-state index in [9.17, 15) is 0 Å². The van der Waals surface area contributed by atoms with E-state index in [1.807, 2.05) is 12.1 Å². The highest BCUT2D eigenvalue weighted by molar-refractivity contribution is 5.08. The SMILES string of the molecule is COC(O)Cc1cccnc1. The Hall–Kier alpha value is -0.930. The van der Waals surface area contributed by atoms with Gasteiger partial charge in [-0.2, -0.15) is 0 Å². The number of aliphatic hydroxyl groups excluding tert-OH is 1. The fourth-order valence-corrected chi connectivity index (χ4v) is 0.804. The first-order chi connectivity index (χ1) is 5.33. The number of methoxy groups -OCH3 is 1. The van der Waals surface area contributed by atoms with Crippen LogP contribution in [0.1, 0.15) is 5.56 Å². The quantitative estimate of drug-likeness (QED) is 0.646. The molecular weight excluding hydrogens is 142 g/mol. The number of aromatic nitrogens is 1. The highest BCUT2D eigenvalue weighted by atomic mass is 16.6. The number of hydrogen-bond acceptors (Lipinski definition) is 3. The van der Waals surface area contributed by atoms with Crippen LogP contribution in [0.3, 0.4) is 0 Å². The number of aliphatic hydroxyl groups is 1. The van der Waals surface area contributed by atoms with E-state index >= 15 is 0 Å². The molecule has 0 spiro atoms. The Labute approximate surface area is 65.7 Å². The van der Waals surface area contributed by atoms with Crippen LogP contribution < -0.4 is 0 Å². The van der Waals surface area contributed by atoms with Crippen molar-refractivity contribution in [2.24, 2.45) is 0 Å². The van der Waals surface area contributed by atoms with Gasteiger partial charge in [-0.3, -0.25) is 4.98 Å². The highest BCUT2D eigenvalue weighted by Crippen LogP contribution is 2.00. The van der Waals surface area contributed by atoms with Crippen molar-refractivity contribution in [2.45, 2.75) is 12.7 Å². The maximum atomic E-state index is 9.06. The lowest BCUT2D eigenvalue weighted by Gasteiger charge is -2.06. The smallest absolute Gasteiger partial charge is 0.158 e. The van der Waals surface area contributed by atoms with Crippen molar-refractivity contribution < 1.29 is 9.84 Å². The zero-order valence-electron chi connectivity index (χ0n) is 6.40. The van der Waals surface area contributed by atoms with Gasteiger partial charge in [0.2, 0.25) is 0 Å². The van der Waals surface area contributed by atoms with Crippen LogP contribution in [0, 0.1) is 0 Å². The zero-order chi connectivity index (χ0) is 8.10. The second kappa shape index (κ2) is 4.05. The lowest BCUT2D eigenvalue weighted by Crippen LogP contribution is -2.12. The third-order valence-corrected chi connectivity index (χ3v) is 1.41. The molecule has 1 heterocycles. The molecule has 1 aromatic rings. The van der Waals surface area contributed by atoms with Crippen molar-refractivity contribution in [3.63, 3.8) is 0 Å². The van der Waals surface area contributed by atoms with Gasteiger partial charge in [0.05, 0.1) is 0 Å². The van der Waals surface area contributed by atoms with Gasteiger partial charge in [-0.15, -0.1) is 0 Å². The minimum absolute atomic E-state index is 0.490. The monoisotopic (exact) mass is 153 g/mol. The summed E-state index contributed by atoms with van der Waals surface area (Å²) in [6.45, 7) is 0. The van der Waals surface area contributed by atoms with E-state index < -0.39 is 6.29 Å². The minimum atomic E-state index is -0.723. The molecule has 11 heavy (non-hydrogen) atoms. The lowest BCUT2D eigenvalue weighted by molar-refractivity contribution is -0.0720. The molecule has 1 rings (SSSR count). The molecule has 60 valence electrons. The molecule has 1 unspecified atom stereocenters. The van der Waals surface area contributed by atoms with Gasteiger partial charge in [0.15, 0.2) is 6.29 Å². The molecule has 1 aromatic heterocycles. The van der Waals surface area contributed by atoms with Crippen molar-refractivity contribution >= 4 is 0 Å². The fraction of sp³-hybridized carbons (Fsp3) is 0.375. The number of ether oxygens (including phenoxy) is 1. The number of rotatable bonds is 3. The molecule has 0 saturated heterocycles. The summed E-state index contributed by atoms with van der Waals surface area (Å²) >= 11 is 0. The summed E-state index contributed by atoms with van der Waals surface area (Å²) in [5.74, 6) is 0. The molecule has 3 heteroatoms. The zero-order valence-corrected chi connectivity index (χ0v) is 6.40. The summed E-state index contributed by atoms with van der Waals surface area (Å²) in [7, 11) is 1.47. The molecule has 1 atom stereocenters. The first-order valence-electron chi connectivity index (χ1n) is 3.42. The topological polar surface area (TPSA) is 42.4 Å². The third-order valence-electron chi connectivity index (χ3n) is 1.41. The van der Waals surface area contributed by atoms with E-state index in [1.165, 1.54) is 7.11 Å². The predicted octanol–water partition coefficient (Wildman–Crippen LogP) is 0.589. The summed E-state index contributed by atoms with van der Waals surface area (Å²) in [6, 6.07) is 3.73. The Morgan fingerprint density at radius 1 is 1.73 bits per heavy atom. The van der Waals surface area contributed by atoms with Crippen LogP contribution >= 0.6 is 0 Å². The Morgan fingerprint density at radius 3 is 3.09 bits per heavy atom. The summed E-state index contributed by atoms with van der Waals surface area (Å²) in [4.78, 5) is 3.91. The van der Waals surface area contributed by atoms with Crippen LogP contribution in [0.4, 0.5) is 0 Å². The number of hydrogen-bond donors (Lipinski definition) is 1. The molecular formula is C8H11NO2. The van der Waals surface area contributed by atoms with Gasteiger partial charge in [-0.1, -0.05) is 6.07 Å². The molecule has 0 aliphatic carbocycles. The molecule has 0 aromatic carbocycles. The average Bonchev–Trinajstić information content (AvgIpc) is 2.06. The summed E-state index contributed by atoms with van der Waals surface area (Å²) in [6.07, 6.45) is 3.18. The van der Waals surface area contributed by atoms with Crippen LogP contribution in [0.2, 0.25) is 0 Å². The lowest BCUT2D eigenvalue weighted by atomic mass is 10.2. The van der Waals surface area contributed by atoms with Crippen LogP contribution in [0.15, 0.2) is 24.5 Å². The number of pyridine rings is 1. The Kier molecular flexibility index (Phi) is 3.01. The van der Waals surface area contributed by atoms with Crippen molar-refractivity contribution in [1.29, 1.82) is 0 Å². The van der Waals surface area contributed by atoms with Crippen molar-refractivity contribution in [3.05, 3.63) is 30.1 Å². The van der Waals surface area contributed by atoms with Crippen LogP contribution in [0.5, 0.6) is 0 Å². The van der Waals surface area contributed by atoms with Crippen molar-refractivity contribution in [1.82, 2.24) is 4.98 Å². The molecule has 0 aliphatic heterocycles. The first-order valence-corrected chi connectivity index (χ1v) is 3.42. The Morgan fingerprint density at radius 2 is 2.55 bits per heavy atom. The molecule has 1 N–H and O–H groups in total. The molecule has 3 nitrogen and oxygen atoms in total. The van der Waals surface area contributed by atoms with E-state index in [-0.39, 0.29) is 0 Å². The van der Waals surface area contributed by atoms with Crippen molar-refractivity contribution in [2.75, 3.05) is 7.11 Å². The fourth-order valence-electron chi connectivity index (χ4n) is 0.804. The standard InChI is InChI=1S/C8H11NO2/c1-11-8(10)5-7-3-2-4-9-6-7/h2-4,6,8,10H,5H2,1H3. The van der Waals surface area contributed by atoms with E-state index in [0.29, 0.717) is 6.42 Å². The van der Waals surface area contributed by atoms with Gasteiger partial charge >= 0.3 is 0 Å². The Bertz CT molecular complexity index is 201. The summed E-state index contributed by atoms with van der Waals surface area (Å²) in [5, 5.41) is 9.06. The normalized spacial score (nSPS) is 12.9. The highest BCUT2D eigenvalue weighted by Gasteiger charge is 2.01. The van der Waals surface area contributed by atoms with E-state index in [2.05, 4.69) is 9.72 Å². The van der Waals surface area contributed by atoms with Crippen LogP contribution in [-0.4, -0.2) is 23.5 Å². The van der Waals surface area contributed by atoms with E-state index in [1.54, 1.807) is 12.4 Å². The van der Waals surface area contributed by atoms with Gasteiger partial charge < -0.3 is 9.84 Å². The largest absolute Gasteiger partial charge is 0.368 e. The molecule has 0 amide bonds. The van der Waals surface area contributed by atoms with Gasteiger partial charge in [0.1, 0.15) is 0 Å². The molecule has 0 bridgehead atoms. The predicted molar refractivity (Wildman–Crippen MR) is 41.0 cm³/mol. The molecule has 0 fully saturated rings. The van der Waals surface area contributed by atoms with Gasteiger partial charge in [-0.05, 0) is 11.6 Å². The van der Waals surface area contributed by atoms with Gasteiger partial charge in [0.25, 0.3) is 0 Å². The molecule has 0 radical (unpaired) electrons. The third kappa shape index (κ3) is 2.65. The maximum Gasteiger partial charge on any atom is 0.158 e. The van der Waals surface area contributed by atoms with E-state index in [0.717, 1.165) is 5.56 Å². The van der Waals surface area contributed by atoms with E-state index in [4.69, 9.17) is 5.11 Å². The second-order valence-electron chi connectivity index (χ2n) is 2.26. The Balaban J connectivity index is 2.51. The molecule has 0 aliphatic rings. The van der Waals surface area contributed by atoms with Gasteiger partial charge in [-0.25, -0.2) is 0 Å².